The number of hydrogen-bond donors (Lipinski definition) is 1. The molecule has 0 bridgehead atoms. The van der Waals surface area contributed by atoms with Gasteiger partial charge in [-0.25, -0.2) is 4.98 Å². The fourth-order valence-corrected chi connectivity index (χ4v) is 3.13. The molecule has 1 amide bonds. The van der Waals surface area contributed by atoms with Crippen molar-refractivity contribution in [1.82, 2.24) is 14.9 Å². The number of rotatable bonds is 4. The van der Waals surface area contributed by atoms with Crippen LogP contribution >= 0.6 is 0 Å². The Morgan fingerprint density at radius 3 is 2.56 bits per heavy atom. The van der Waals surface area contributed by atoms with Gasteiger partial charge in [-0.3, -0.25) is 9.36 Å². The van der Waals surface area contributed by atoms with Gasteiger partial charge in [-0.2, -0.15) is 0 Å². The van der Waals surface area contributed by atoms with Crippen LogP contribution in [-0.4, -0.2) is 15.5 Å². The number of nitrogens with zero attached hydrogens (tertiary/aromatic N) is 2. The van der Waals surface area contributed by atoms with Gasteiger partial charge in [0, 0.05) is 17.8 Å². The van der Waals surface area contributed by atoms with Crippen LogP contribution in [0.2, 0.25) is 0 Å². The lowest BCUT2D eigenvalue weighted by Gasteiger charge is -2.07. The molecule has 0 spiro atoms. The van der Waals surface area contributed by atoms with E-state index in [1.54, 1.807) is 6.33 Å². The molecule has 1 aromatic heterocycles. The van der Waals surface area contributed by atoms with Crippen molar-refractivity contribution in [3.63, 3.8) is 0 Å². The average molecular weight is 355 g/mol. The van der Waals surface area contributed by atoms with Gasteiger partial charge in [0.15, 0.2) is 0 Å². The first-order valence-electron chi connectivity index (χ1n) is 8.98. The molecule has 134 valence electrons. The number of aromatic nitrogens is 2. The number of fused-ring (bicyclic) bond motifs is 1. The topological polar surface area (TPSA) is 46.9 Å². The minimum atomic E-state index is -0.0948. The number of aryl methyl sites for hydroxylation is 2. The molecular weight excluding hydrogens is 334 g/mol. The van der Waals surface area contributed by atoms with Crippen molar-refractivity contribution < 1.29 is 4.79 Å². The van der Waals surface area contributed by atoms with Gasteiger partial charge in [-0.1, -0.05) is 42.0 Å². The molecule has 0 aliphatic rings. The first-order valence-corrected chi connectivity index (χ1v) is 8.98. The van der Waals surface area contributed by atoms with Gasteiger partial charge in [-0.05, 0) is 55.3 Å². The summed E-state index contributed by atoms with van der Waals surface area (Å²) < 4.78 is 2.04. The Labute approximate surface area is 158 Å². The third kappa shape index (κ3) is 3.60. The van der Waals surface area contributed by atoms with Crippen LogP contribution in [0.1, 0.15) is 27.0 Å². The van der Waals surface area contributed by atoms with Crippen molar-refractivity contribution in [2.24, 2.45) is 0 Å². The first kappa shape index (κ1) is 17.0. The van der Waals surface area contributed by atoms with E-state index in [0.717, 1.165) is 22.3 Å². The summed E-state index contributed by atoms with van der Waals surface area (Å²) in [4.78, 5) is 17.0. The number of amides is 1. The highest BCUT2D eigenvalue weighted by atomic mass is 16.1. The summed E-state index contributed by atoms with van der Waals surface area (Å²) in [5, 5.41) is 2.97. The molecule has 3 aromatic carbocycles. The highest BCUT2D eigenvalue weighted by Crippen LogP contribution is 2.20. The zero-order valence-electron chi connectivity index (χ0n) is 15.4. The maximum atomic E-state index is 12.5. The van der Waals surface area contributed by atoms with Gasteiger partial charge < -0.3 is 5.32 Å². The number of imidazole rings is 1. The Balaban J connectivity index is 1.55. The summed E-state index contributed by atoms with van der Waals surface area (Å²) in [7, 11) is 0. The van der Waals surface area contributed by atoms with Crippen molar-refractivity contribution in [2.75, 3.05) is 0 Å². The zero-order valence-corrected chi connectivity index (χ0v) is 15.4. The van der Waals surface area contributed by atoms with Gasteiger partial charge in [0.2, 0.25) is 0 Å². The van der Waals surface area contributed by atoms with E-state index in [4.69, 9.17) is 0 Å². The van der Waals surface area contributed by atoms with Gasteiger partial charge in [0.05, 0.1) is 11.0 Å². The minimum absolute atomic E-state index is 0.0948. The maximum Gasteiger partial charge on any atom is 0.251 e. The van der Waals surface area contributed by atoms with Crippen molar-refractivity contribution >= 4 is 16.9 Å². The summed E-state index contributed by atoms with van der Waals surface area (Å²) in [6.45, 7) is 4.63. The molecule has 0 saturated heterocycles. The Morgan fingerprint density at radius 1 is 0.963 bits per heavy atom. The van der Waals surface area contributed by atoms with Crippen LogP contribution < -0.4 is 5.32 Å². The lowest BCUT2D eigenvalue weighted by atomic mass is 10.1. The van der Waals surface area contributed by atoms with Gasteiger partial charge in [-0.15, -0.1) is 0 Å². The van der Waals surface area contributed by atoms with E-state index in [0.29, 0.717) is 12.1 Å². The molecule has 4 aromatic rings. The summed E-state index contributed by atoms with van der Waals surface area (Å²) in [5.41, 5.74) is 6.95. The van der Waals surface area contributed by atoms with E-state index in [9.17, 15) is 4.79 Å². The molecule has 0 aliphatic carbocycles. The van der Waals surface area contributed by atoms with Crippen molar-refractivity contribution in [3.8, 4) is 5.69 Å². The van der Waals surface area contributed by atoms with E-state index < -0.39 is 0 Å². The molecule has 1 heterocycles. The van der Waals surface area contributed by atoms with E-state index in [1.165, 1.54) is 11.1 Å². The number of carbonyl (C=O) groups excluding carboxylic acids is 1. The Hall–Kier alpha value is -3.40. The van der Waals surface area contributed by atoms with Crippen molar-refractivity contribution in [3.05, 3.63) is 95.3 Å². The molecule has 4 rings (SSSR count). The zero-order chi connectivity index (χ0) is 18.8. The fraction of sp³-hybridized carbons (Fsp3) is 0.130. The Bertz CT molecular complexity index is 1110. The highest BCUT2D eigenvalue weighted by molar-refractivity contribution is 5.97. The third-order valence-electron chi connectivity index (χ3n) is 4.66. The summed E-state index contributed by atoms with van der Waals surface area (Å²) in [6.07, 6.45) is 1.80. The van der Waals surface area contributed by atoms with E-state index in [1.807, 2.05) is 60.0 Å². The molecular formula is C23H21N3O. The first-order chi connectivity index (χ1) is 13.1. The quantitative estimate of drug-likeness (QED) is 0.583. The van der Waals surface area contributed by atoms with Crippen LogP contribution in [0.25, 0.3) is 16.7 Å². The number of benzene rings is 3. The van der Waals surface area contributed by atoms with Gasteiger partial charge in [0.25, 0.3) is 5.91 Å². The molecule has 0 unspecified atom stereocenters. The molecule has 27 heavy (non-hydrogen) atoms. The van der Waals surface area contributed by atoms with Crippen LogP contribution in [0.4, 0.5) is 0 Å². The number of nitrogens with one attached hydrogen (secondary N) is 1. The molecule has 0 aliphatic heterocycles. The Morgan fingerprint density at radius 2 is 1.78 bits per heavy atom. The highest BCUT2D eigenvalue weighted by Gasteiger charge is 2.10. The van der Waals surface area contributed by atoms with Gasteiger partial charge >= 0.3 is 0 Å². The van der Waals surface area contributed by atoms with Crippen LogP contribution in [0.15, 0.2) is 73.1 Å². The molecule has 0 radical (unpaired) electrons. The van der Waals surface area contributed by atoms with E-state index in [-0.39, 0.29) is 5.91 Å². The second kappa shape index (κ2) is 7.08. The average Bonchev–Trinajstić information content (AvgIpc) is 3.10. The van der Waals surface area contributed by atoms with E-state index >= 15 is 0 Å². The fourth-order valence-electron chi connectivity index (χ4n) is 3.13. The SMILES string of the molecule is Cc1ccc(CNC(=O)c2ccc3c(c2)ncn3-c2cccc(C)c2)cc1. The predicted octanol–water partition coefficient (Wildman–Crippen LogP) is 4.57. The molecule has 0 saturated carbocycles. The van der Waals surface area contributed by atoms with Crippen molar-refractivity contribution in [1.29, 1.82) is 0 Å². The summed E-state index contributed by atoms with van der Waals surface area (Å²) in [6, 6.07) is 22.1. The van der Waals surface area contributed by atoms with Crippen LogP contribution in [0.5, 0.6) is 0 Å². The van der Waals surface area contributed by atoms with Crippen LogP contribution in [-0.2, 0) is 6.54 Å². The normalized spacial score (nSPS) is 10.9. The smallest absolute Gasteiger partial charge is 0.251 e. The number of hydrogen-bond acceptors (Lipinski definition) is 2. The van der Waals surface area contributed by atoms with Crippen LogP contribution in [0, 0.1) is 13.8 Å². The van der Waals surface area contributed by atoms with Crippen molar-refractivity contribution in [2.45, 2.75) is 20.4 Å². The molecule has 4 nitrogen and oxygen atoms in total. The standard InChI is InChI=1S/C23H21N3O/c1-16-6-8-18(9-7-16)14-24-23(27)19-10-11-22-21(13-19)25-15-26(22)20-5-3-4-17(2)12-20/h3-13,15H,14H2,1-2H3,(H,24,27). The molecule has 0 atom stereocenters. The maximum absolute atomic E-state index is 12.5. The van der Waals surface area contributed by atoms with E-state index in [2.05, 4.69) is 35.4 Å². The Kier molecular flexibility index (Phi) is 4.47. The second-order valence-corrected chi connectivity index (χ2v) is 6.83. The lowest BCUT2D eigenvalue weighted by Crippen LogP contribution is -2.22. The monoisotopic (exact) mass is 355 g/mol. The lowest BCUT2D eigenvalue weighted by molar-refractivity contribution is 0.0951. The second-order valence-electron chi connectivity index (χ2n) is 6.83. The molecule has 0 fully saturated rings. The van der Waals surface area contributed by atoms with Crippen LogP contribution in [0.3, 0.4) is 0 Å². The molecule has 1 N–H and O–H groups in total. The third-order valence-corrected chi connectivity index (χ3v) is 4.66. The largest absolute Gasteiger partial charge is 0.348 e. The van der Waals surface area contributed by atoms with Gasteiger partial charge in [0.1, 0.15) is 6.33 Å². The summed E-state index contributed by atoms with van der Waals surface area (Å²) in [5.74, 6) is -0.0948. The number of carbonyl (C=O) groups is 1. The predicted molar refractivity (Wildman–Crippen MR) is 108 cm³/mol. The molecule has 4 heteroatoms. The minimum Gasteiger partial charge on any atom is -0.348 e. The summed E-state index contributed by atoms with van der Waals surface area (Å²) >= 11 is 0.